The zero-order chi connectivity index (χ0) is 43.2. The Kier molecular flexibility index (Phi) is 8.74. The molecule has 0 fully saturated rings. The Morgan fingerprint density at radius 2 is 1.23 bits per heavy atom. The summed E-state index contributed by atoms with van der Waals surface area (Å²) in [6.45, 7) is 4.46. The van der Waals surface area contributed by atoms with Crippen LogP contribution < -0.4 is 14.5 Å². The van der Waals surface area contributed by atoms with Gasteiger partial charge in [0.25, 0.3) is 0 Å². The molecule has 0 spiro atoms. The van der Waals surface area contributed by atoms with Crippen molar-refractivity contribution in [3.63, 3.8) is 0 Å². The van der Waals surface area contributed by atoms with Crippen molar-refractivity contribution in [1.82, 2.24) is 0 Å². The van der Waals surface area contributed by atoms with Gasteiger partial charge >= 0.3 is 0 Å². The summed E-state index contributed by atoms with van der Waals surface area (Å²) < 4.78 is 7.05. The van der Waals surface area contributed by atoms with Gasteiger partial charge in [0.2, 0.25) is 0 Å². The number of allylic oxidation sites excluding steroid dienone is 8. The molecule has 0 N–H and O–H groups in total. The summed E-state index contributed by atoms with van der Waals surface area (Å²) in [4.78, 5) is 5.00. The second-order valence-electron chi connectivity index (χ2n) is 18.3. The molecule has 1 heterocycles. The fourth-order valence-corrected chi connectivity index (χ4v) is 11.6. The SMILES string of the molecule is Cc1ccccc1N(C1=CC=CC2c3c(ccc4ccccc34)OC12)c1ccc2ccc3c(N(c4cccc(C5CC=CC6=C5C=CCC6)c4)c4ccccc4C)ccc4ccc1c2c43. The second-order valence-corrected chi connectivity index (χ2v) is 18.3. The van der Waals surface area contributed by atoms with Crippen LogP contribution in [0.2, 0.25) is 0 Å². The molecular weight excluding hydrogens is 789 g/mol. The van der Waals surface area contributed by atoms with Crippen LogP contribution in [0.15, 0.2) is 217 Å². The topological polar surface area (TPSA) is 15.7 Å². The molecule has 312 valence electrons. The molecular formula is C62H48N2O. The van der Waals surface area contributed by atoms with Gasteiger partial charge in [-0.1, -0.05) is 152 Å². The summed E-state index contributed by atoms with van der Waals surface area (Å²) in [5.74, 6) is 1.40. The van der Waals surface area contributed by atoms with Crippen molar-refractivity contribution >= 4 is 71.5 Å². The minimum Gasteiger partial charge on any atom is -0.483 e. The molecule has 9 aromatic rings. The fraction of sp³-hybridized carbons (Fsp3) is 0.129. The van der Waals surface area contributed by atoms with Crippen LogP contribution in [0.3, 0.4) is 0 Å². The van der Waals surface area contributed by atoms with Gasteiger partial charge in [-0.05, 0) is 142 Å². The van der Waals surface area contributed by atoms with Gasteiger partial charge in [0.15, 0.2) is 0 Å². The molecule has 65 heavy (non-hydrogen) atoms. The highest BCUT2D eigenvalue weighted by Crippen LogP contribution is 2.52. The van der Waals surface area contributed by atoms with Gasteiger partial charge in [-0.15, -0.1) is 0 Å². The first-order chi connectivity index (χ1) is 32.1. The summed E-state index contributed by atoms with van der Waals surface area (Å²) in [7, 11) is 0. The smallest absolute Gasteiger partial charge is 0.149 e. The van der Waals surface area contributed by atoms with E-state index in [4.69, 9.17) is 4.74 Å². The van der Waals surface area contributed by atoms with Crippen LogP contribution in [0.1, 0.15) is 53.4 Å². The third-order valence-corrected chi connectivity index (χ3v) is 14.6. The quantitative estimate of drug-likeness (QED) is 0.149. The maximum Gasteiger partial charge on any atom is 0.149 e. The Morgan fingerprint density at radius 3 is 2.00 bits per heavy atom. The predicted octanol–water partition coefficient (Wildman–Crippen LogP) is 16.7. The first kappa shape index (κ1) is 37.9. The van der Waals surface area contributed by atoms with E-state index in [9.17, 15) is 0 Å². The van der Waals surface area contributed by atoms with Crippen LogP contribution in [0.5, 0.6) is 5.75 Å². The van der Waals surface area contributed by atoms with Crippen LogP contribution in [0.4, 0.5) is 28.4 Å². The standard InChI is InChI=1S/C62H48N2O/c1-39-14-3-9-25-53(39)63(46-20-11-19-45(38-46)48-23-12-18-41-16-5-7-21-47(41)48)55-35-30-43-29-34-51-56(36-31-44-28-33-50(55)59(43)60(44)51)64(54-26-10-4-15-40(54)2)57-27-13-24-52-61-49-22-8-6-17-42(49)32-37-58(61)65-62(52)57/h3-4,6-15,17-22,24-38,48,52,62H,5,16,23H2,1-2H3. The average Bonchev–Trinajstić information content (AvgIpc) is 3.75. The molecule has 4 aliphatic rings. The van der Waals surface area contributed by atoms with E-state index >= 15 is 0 Å². The molecule has 0 radical (unpaired) electrons. The lowest BCUT2D eigenvalue weighted by Crippen LogP contribution is -2.33. The Morgan fingerprint density at radius 1 is 0.554 bits per heavy atom. The van der Waals surface area contributed by atoms with Gasteiger partial charge in [0.05, 0.1) is 17.1 Å². The third-order valence-electron chi connectivity index (χ3n) is 14.6. The van der Waals surface area contributed by atoms with E-state index < -0.39 is 0 Å². The number of para-hydroxylation sites is 2. The van der Waals surface area contributed by atoms with Crippen molar-refractivity contribution in [1.29, 1.82) is 0 Å². The highest BCUT2D eigenvalue weighted by atomic mass is 16.5. The molecule has 3 unspecified atom stereocenters. The predicted molar refractivity (Wildman–Crippen MR) is 273 cm³/mol. The van der Waals surface area contributed by atoms with Crippen LogP contribution in [-0.4, -0.2) is 6.10 Å². The molecule has 0 bridgehead atoms. The molecule has 1 aliphatic heterocycles. The van der Waals surface area contributed by atoms with E-state index in [0.717, 1.165) is 42.1 Å². The number of hydrogen-bond acceptors (Lipinski definition) is 3. The van der Waals surface area contributed by atoms with E-state index in [1.165, 1.54) is 93.6 Å². The van der Waals surface area contributed by atoms with E-state index in [1.807, 2.05) is 0 Å². The van der Waals surface area contributed by atoms with Crippen molar-refractivity contribution in [2.75, 3.05) is 9.80 Å². The first-order valence-corrected chi connectivity index (χ1v) is 23.2. The van der Waals surface area contributed by atoms with Gasteiger partial charge < -0.3 is 14.5 Å². The Balaban J connectivity index is 0.994. The first-order valence-electron chi connectivity index (χ1n) is 23.2. The van der Waals surface area contributed by atoms with E-state index in [-0.39, 0.29) is 12.0 Å². The Bertz CT molecular complexity index is 3560. The fourth-order valence-electron chi connectivity index (χ4n) is 11.6. The number of benzene rings is 9. The monoisotopic (exact) mass is 836 g/mol. The van der Waals surface area contributed by atoms with Crippen molar-refractivity contribution in [3.05, 3.63) is 239 Å². The zero-order valence-corrected chi connectivity index (χ0v) is 36.7. The molecule has 0 saturated carbocycles. The number of aryl methyl sites for hydroxylation is 2. The van der Waals surface area contributed by atoms with E-state index in [0.29, 0.717) is 5.92 Å². The number of fused-ring (bicyclic) bond motifs is 5. The number of hydrogen-bond donors (Lipinski definition) is 0. The number of anilines is 5. The highest BCUT2D eigenvalue weighted by molar-refractivity contribution is 6.28. The lowest BCUT2D eigenvalue weighted by molar-refractivity contribution is 0.253. The van der Waals surface area contributed by atoms with E-state index in [2.05, 4.69) is 224 Å². The average molecular weight is 837 g/mol. The van der Waals surface area contributed by atoms with Crippen molar-refractivity contribution < 1.29 is 4.74 Å². The van der Waals surface area contributed by atoms with Gasteiger partial charge in [-0.25, -0.2) is 0 Å². The van der Waals surface area contributed by atoms with Crippen LogP contribution in [0.25, 0.3) is 43.1 Å². The summed E-state index contributed by atoms with van der Waals surface area (Å²) >= 11 is 0. The molecule has 3 aliphatic carbocycles. The number of rotatable bonds is 7. The Hall–Kier alpha value is -7.62. The summed E-state index contributed by atoms with van der Waals surface area (Å²) in [6.07, 6.45) is 19.4. The molecule has 13 rings (SSSR count). The maximum atomic E-state index is 7.05. The molecule has 0 aromatic heterocycles. The number of ether oxygens (including phenoxy) is 1. The van der Waals surface area contributed by atoms with Crippen molar-refractivity contribution in [3.8, 4) is 5.75 Å². The third kappa shape index (κ3) is 5.95. The summed E-state index contributed by atoms with van der Waals surface area (Å²) in [5.41, 5.74) is 15.0. The highest BCUT2D eigenvalue weighted by Gasteiger charge is 2.41. The van der Waals surface area contributed by atoms with E-state index in [1.54, 1.807) is 0 Å². The second kappa shape index (κ2) is 15.0. The van der Waals surface area contributed by atoms with Crippen LogP contribution >= 0.6 is 0 Å². The lowest BCUT2D eigenvalue weighted by atomic mass is 9.79. The van der Waals surface area contributed by atoms with Crippen molar-refractivity contribution in [2.24, 2.45) is 0 Å². The molecule has 3 nitrogen and oxygen atoms in total. The van der Waals surface area contributed by atoms with Gasteiger partial charge in [0, 0.05) is 45.2 Å². The zero-order valence-electron chi connectivity index (χ0n) is 36.7. The minimum atomic E-state index is -0.189. The Labute approximate surface area is 380 Å². The lowest BCUT2D eigenvalue weighted by Gasteiger charge is -2.35. The van der Waals surface area contributed by atoms with Crippen LogP contribution in [0, 0.1) is 13.8 Å². The summed E-state index contributed by atoms with van der Waals surface area (Å²) in [6, 6.07) is 58.7. The van der Waals surface area contributed by atoms with Crippen LogP contribution in [-0.2, 0) is 0 Å². The maximum absolute atomic E-state index is 7.05. The van der Waals surface area contributed by atoms with Crippen molar-refractivity contribution in [2.45, 2.75) is 51.0 Å². The van der Waals surface area contributed by atoms with Gasteiger partial charge in [-0.3, -0.25) is 0 Å². The minimum absolute atomic E-state index is 0.0865. The molecule has 3 atom stereocenters. The van der Waals surface area contributed by atoms with Gasteiger partial charge in [-0.2, -0.15) is 0 Å². The number of nitrogens with zero attached hydrogens (tertiary/aromatic N) is 2. The molecule has 0 amide bonds. The summed E-state index contributed by atoms with van der Waals surface area (Å²) in [5, 5.41) is 9.97. The molecule has 0 saturated heterocycles. The largest absolute Gasteiger partial charge is 0.483 e. The van der Waals surface area contributed by atoms with Gasteiger partial charge in [0.1, 0.15) is 11.9 Å². The normalized spacial score (nSPS) is 18.6. The molecule has 3 heteroatoms. The molecule has 9 aromatic carbocycles.